The van der Waals surface area contributed by atoms with Crippen LogP contribution in [0.15, 0.2) is 17.8 Å². The Bertz CT molecular complexity index is 1150. The molecule has 0 saturated carbocycles. The predicted octanol–water partition coefficient (Wildman–Crippen LogP) is -0.590. The number of aromatic nitrogens is 4. The number of rotatable bonds is 9. The topological polar surface area (TPSA) is 295 Å². The summed E-state index contributed by atoms with van der Waals surface area (Å²) in [5.74, 6) is 0.0517. The third-order valence-electron chi connectivity index (χ3n) is 3.97. The highest BCUT2D eigenvalue weighted by molar-refractivity contribution is 7.66. The molecule has 0 amide bonds. The molecular weight excluding hydrogens is 503 g/mol. The molecule has 3 heterocycles. The van der Waals surface area contributed by atoms with Crippen LogP contribution in [0.25, 0.3) is 11.2 Å². The summed E-state index contributed by atoms with van der Waals surface area (Å²) in [6, 6.07) is -1.25. The summed E-state index contributed by atoms with van der Waals surface area (Å²) in [4.78, 5) is 47.5. The van der Waals surface area contributed by atoms with E-state index in [1.54, 1.807) is 0 Å². The molecule has 1 aliphatic rings. The van der Waals surface area contributed by atoms with Gasteiger partial charge in [0.2, 0.25) is 0 Å². The van der Waals surface area contributed by atoms with Crippen LogP contribution in [0.5, 0.6) is 0 Å². The standard InChI is InChI=1S/C10H16N7O12P3/c11-8-6-9(14-2-13-8)17(3-15-6)10-5(16-12)7(18)4(27-10)1-26-31(22,23)29-32(24,25)28-30(19,20)21/h2-5,7,10,12,18H,1H2,(H,22,23)(H,24,25)(H2,11,13,14)(H2,19,20,21). The second kappa shape index (κ2) is 8.90. The zero-order valence-electron chi connectivity index (χ0n) is 15.4. The van der Waals surface area contributed by atoms with Gasteiger partial charge in [-0.25, -0.2) is 34.2 Å². The molecule has 2 aromatic rings. The van der Waals surface area contributed by atoms with Crippen molar-refractivity contribution >= 4 is 40.4 Å². The van der Waals surface area contributed by atoms with Gasteiger partial charge in [-0.1, -0.05) is 0 Å². The van der Waals surface area contributed by atoms with Gasteiger partial charge >= 0.3 is 23.5 Å². The Hall–Kier alpha value is -1.72. The maximum absolute atomic E-state index is 11.9. The van der Waals surface area contributed by atoms with Gasteiger partial charge in [-0.2, -0.15) is 13.7 Å². The molecule has 3 rings (SSSR count). The molecule has 1 saturated heterocycles. The number of nitrogens with one attached hydrogen (secondary N) is 1. The number of nitrogens with two attached hydrogens (primary N) is 1. The summed E-state index contributed by atoms with van der Waals surface area (Å²) in [5, 5.41) is 13.6. The zero-order valence-corrected chi connectivity index (χ0v) is 18.1. The van der Waals surface area contributed by atoms with Crippen molar-refractivity contribution in [3.8, 4) is 0 Å². The molecule has 32 heavy (non-hydrogen) atoms. The van der Waals surface area contributed by atoms with Crippen molar-refractivity contribution in [1.29, 1.82) is 5.53 Å². The predicted molar refractivity (Wildman–Crippen MR) is 98.4 cm³/mol. The fourth-order valence-corrected chi connectivity index (χ4v) is 5.79. The summed E-state index contributed by atoms with van der Waals surface area (Å²) in [6.07, 6.45) is -1.80. The number of hydrogen-bond acceptors (Lipinski definition) is 14. The van der Waals surface area contributed by atoms with Crippen molar-refractivity contribution in [3.63, 3.8) is 0 Å². The maximum Gasteiger partial charge on any atom is 0.490 e. The molecule has 6 atom stereocenters. The van der Waals surface area contributed by atoms with Crippen molar-refractivity contribution in [1.82, 2.24) is 19.5 Å². The number of ether oxygens (including phenoxy) is 1. The van der Waals surface area contributed by atoms with E-state index in [0.29, 0.717) is 0 Å². The van der Waals surface area contributed by atoms with E-state index in [4.69, 9.17) is 30.7 Å². The van der Waals surface area contributed by atoms with Gasteiger partial charge in [0.1, 0.15) is 30.1 Å². The number of aliphatic hydroxyl groups excluding tert-OH is 1. The van der Waals surface area contributed by atoms with E-state index in [1.165, 1.54) is 10.9 Å². The van der Waals surface area contributed by atoms with Crippen molar-refractivity contribution < 1.29 is 56.3 Å². The monoisotopic (exact) mass is 519 g/mol. The van der Waals surface area contributed by atoms with Crippen molar-refractivity contribution in [2.45, 2.75) is 24.5 Å². The van der Waals surface area contributed by atoms with E-state index in [-0.39, 0.29) is 17.0 Å². The van der Waals surface area contributed by atoms with Crippen LogP contribution in [-0.4, -0.2) is 69.1 Å². The Kier molecular flexibility index (Phi) is 6.93. The van der Waals surface area contributed by atoms with Crippen LogP contribution < -0.4 is 5.73 Å². The van der Waals surface area contributed by atoms with Crippen LogP contribution in [-0.2, 0) is 31.6 Å². The minimum atomic E-state index is -5.71. The number of hydrogen-bond donors (Lipinski definition) is 7. The smallest absolute Gasteiger partial charge is 0.388 e. The molecular formula is C10H16N7O12P3. The Balaban J connectivity index is 1.73. The highest BCUT2D eigenvalue weighted by Crippen LogP contribution is 2.66. The Morgan fingerprint density at radius 2 is 1.84 bits per heavy atom. The SMILES string of the molecule is N=NC1C(O)C(COP(=O)(O)OP(=O)(O)OP(=O)(O)O)OC1n1cnc2c(N)ncnc21. The first-order valence-electron chi connectivity index (χ1n) is 8.14. The first-order valence-corrected chi connectivity index (χ1v) is 12.7. The summed E-state index contributed by atoms with van der Waals surface area (Å²) in [7, 11) is -16.7. The molecule has 22 heteroatoms. The van der Waals surface area contributed by atoms with E-state index in [0.717, 1.165) is 6.33 Å². The van der Waals surface area contributed by atoms with Gasteiger partial charge in [-0.05, 0) is 0 Å². The third-order valence-corrected chi connectivity index (χ3v) is 7.77. The van der Waals surface area contributed by atoms with Crippen LogP contribution >= 0.6 is 23.5 Å². The molecule has 178 valence electrons. The van der Waals surface area contributed by atoms with Gasteiger partial charge in [0.05, 0.1) is 12.9 Å². The minimum Gasteiger partial charge on any atom is -0.388 e. The van der Waals surface area contributed by atoms with Gasteiger partial charge in [0.15, 0.2) is 17.7 Å². The zero-order chi connectivity index (χ0) is 23.9. The number of imidazole rings is 1. The Morgan fingerprint density at radius 3 is 2.47 bits per heavy atom. The Labute approximate surface area is 177 Å². The molecule has 2 aromatic heterocycles. The van der Waals surface area contributed by atoms with Crippen LogP contribution in [0.1, 0.15) is 6.23 Å². The lowest BCUT2D eigenvalue weighted by Gasteiger charge is -2.19. The largest absolute Gasteiger partial charge is 0.490 e. The molecule has 1 fully saturated rings. The van der Waals surface area contributed by atoms with Crippen LogP contribution in [0, 0.1) is 5.53 Å². The lowest BCUT2D eigenvalue weighted by molar-refractivity contribution is -0.0428. The second-order valence-electron chi connectivity index (χ2n) is 6.15. The molecule has 19 nitrogen and oxygen atoms in total. The van der Waals surface area contributed by atoms with Crippen molar-refractivity contribution in [2.24, 2.45) is 5.11 Å². The van der Waals surface area contributed by atoms with Gasteiger partial charge < -0.3 is 35.2 Å². The van der Waals surface area contributed by atoms with Crippen LogP contribution in [0.3, 0.4) is 0 Å². The maximum atomic E-state index is 11.9. The summed E-state index contributed by atoms with van der Waals surface area (Å²) >= 11 is 0. The number of phosphoric acid groups is 3. The molecule has 0 spiro atoms. The average Bonchev–Trinajstić information content (AvgIpc) is 3.18. The summed E-state index contributed by atoms with van der Waals surface area (Å²) in [5.41, 5.74) is 13.4. The number of fused-ring (bicyclic) bond motifs is 1. The summed E-state index contributed by atoms with van der Waals surface area (Å²) in [6.45, 7) is -0.933. The average molecular weight is 519 g/mol. The minimum absolute atomic E-state index is 0.0517. The van der Waals surface area contributed by atoms with Gasteiger partial charge in [-0.3, -0.25) is 9.09 Å². The number of phosphoric ester groups is 1. The van der Waals surface area contributed by atoms with E-state index in [2.05, 4.69) is 33.2 Å². The van der Waals surface area contributed by atoms with Gasteiger partial charge in [-0.15, -0.1) is 0 Å². The quantitative estimate of drug-likeness (QED) is 0.161. The van der Waals surface area contributed by atoms with Gasteiger partial charge in [0, 0.05) is 0 Å². The number of anilines is 1. The summed E-state index contributed by atoms with van der Waals surface area (Å²) < 4.78 is 52.3. The van der Waals surface area contributed by atoms with E-state index >= 15 is 0 Å². The number of nitrogens with zero attached hydrogens (tertiary/aromatic N) is 5. The first-order chi connectivity index (χ1) is 14.7. The molecule has 1 aliphatic heterocycles. The normalized spacial score (nSPS) is 27.8. The fourth-order valence-electron chi connectivity index (χ4n) is 2.76. The molecule has 0 bridgehead atoms. The van der Waals surface area contributed by atoms with Crippen molar-refractivity contribution in [3.05, 3.63) is 12.7 Å². The highest BCUT2D eigenvalue weighted by Gasteiger charge is 2.47. The highest BCUT2D eigenvalue weighted by atomic mass is 31.3. The lowest BCUT2D eigenvalue weighted by Crippen LogP contribution is -2.32. The molecule has 0 radical (unpaired) electrons. The van der Waals surface area contributed by atoms with Crippen LogP contribution in [0.4, 0.5) is 5.82 Å². The lowest BCUT2D eigenvalue weighted by atomic mass is 10.1. The molecule has 0 aromatic carbocycles. The molecule has 8 N–H and O–H groups in total. The van der Waals surface area contributed by atoms with E-state index < -0.39 is 54.6 Å². The molecule has 6 unspecified atom stereocenters. The second-order valence-corrected chi connectivity index (χ2v) is 10.6. The fraction of sp³-hybridized carbons (Fsp3) is 0.500. The van der Waals surface area contributed by atoms with Gasteiger partial charge in [0.25, 0.3) is 0 Å². The third kappa shape index (κ3) is 5.60. The van der Waals surface area contributed by atoms with Crippen molar-refractivity contribution in [2.75, 3.05) is 12.3 Å². The van der Waals surface area contributed by atoms with E-state index in [1.807, 2.05) is 0 Å². The number of aliphatic hydroxyl groups is 1. The van der Waals surface area contributed by atoms with E-state index in [9.17, 15) is 23.7 Å². The number of nitrogen functional groups attached to an aromatic ring is 1. The first kappa shape index (κ1) is 24.9. The van der Waals surface area contributed by atoms with Crippen LogP contribution in [0.2, 0.25) is 0 Å². The Morgan fingerprint density at radius 1 is 1.16 bits per heavy atom. The molecule has 0 aliphatic carbocycles.